The van der Waals surface area contributed by atoms with Crippen molar-refractivity contribution in [2.45, 2.75) is 0 Å². The summed E-state index contributed by atoms with van der Waals surface area (Å²) in [5, 5.41) is 0. The lowest BCUT2D eigenvalue weighted by Gasteiger charge is -1.91. The molecular formula is C22H15BrO2. The molecule has 0 aliphatic rings. The van der Waals surface area contributed by atoms with Crippen molar-refractivity contribution in [2.75, 3.05) is 0 Å². The lowest BCUT2D eigenvalue weighted by Crippen LogP contribution is -1.80. The number of halogens is 1. The number of hydrogen-bond donors (Lipinski definition) is 0. The zero-order valence-electron chi connectivity index (χ0n) is 13.4. The maximum Gasteiger partial charge on any atom is 0.150 e. The summed E-state index contributed by atoms with van der Waals surface area (Å²) in [5.74, 6) is 6.11. The first-order valence-electron chi connectivity index (χ1n) is 7.54. The number of hydrogen-bond acceptors (Lipinski definition) is 2. The van der Waals surface area contributed by atoms with Crippen molar-refractivity contribution in [3.8, 4) is 11.8 Å². The second-order valence-corrected chi connectivity index (χ2v) is 5.94. The van der Waals surface area contributed by atoms with Crippen LogP contribution in [0, 0.1) is 11.8 Å². The van der Waals surface area contributed by atoms with Gasteiger partial charge in [-0.15, -0.1) is 0 Å². The molecule has 0 saturated heterocycles. The van der Waals surface area contributed by atoms with Crippen LogP contribution in [0.1, 0.15) is 31.8 Å². The summed E-state index contributed by atoms with van der Waals surface area (Å²) in [6.07, 6.45) is 1.65. The van der Waals surface area contributed by atoms with Gasteiger partial charge >= 0.3 is 0 Å². The van der Waals surface area contributed by atoms with Gasteiger partial charge in [0.05, 0.1) is 0 Å². The fourth-order valence-electron chi connectivity index (χ4n) is 1.85. The van der Waals surface area contributed by atoms with Crippen LogP contribution in [0.4, 0.5) is 0 Å². The van der Waals surface area contributed by atoms with Gasteiger partial charge in [-0.25, -0.2) is 0 Å². The Morgan fingerprint density at radius 1 is 0.600 bits per heavy atom. The highest BCUT2D eigenvalue weighted by Crippen LogP contribution is 2.08. The number of carbonyl (C=O) groups excluding carboxylic acids is 2. The standard InChI is InChI=1S/C15H10O.C7H5BrO/c16-12-15-10-8-14(9-11-15)7-6-13-4-2-1-3-5-13;8-7-3-1-6(5-9)2-4-7/h1-5,8-12H;1-5H. The molecule has 0 N–H and O–H groups in total. The van der Waals surface area contributed by atoms with Crippen LogP contribution in [-0.2, 0) is 0 Å². The summed E-state index contributed by atoms with van der Waals surface area (Å²) in [4.78, 5) is 20.6. The van der Waals surface area contributed by atoms with Gasteiger partial charge in [0.1, 0.15) is 12.6 Å². The van der Waals surface area contributed by atoms with Crippen LogP contribution >= 0.6 is 15.9 Å². The van der Waals surface area contributed by atoms with Gasteiger partial charge in [-0.05, 0) is 36.4 Å². The summed E-state index contributed by atoms with van der Waals surface area (Å²) >= 11 is 3.26. The second-order valence-electron chi connectivity index (χ2n) is 5.03. The van der Waals surface area contributed by atoms with Crippen molar-refractivity contribution >= 4 is 28.5 Å². The summed E-state index contributed by atoms with van der Waals surface area (Å²) in [6, 6.07) is 24.2. The van der Waals surface area contributed by atoms with E-state index in [4.69, 9.17) is 0 Å². The molecule has 0 unspecified atom stereocenters. The van der Waals surface area contributed by atoms with Gasteiger partial charge in [0.25, 0.3) is 0 Å². The normalized spacial score (nSPS) is 9.00. The first-order valence-corrected chi connectivity index (χ1v) is 8.33. The zero-order chi connectivity index (χ0) is 17.9. The van der Waals surface area contributed by atoms with Gasteiger partial charge in [0.15, 0.2) is 0 Å². The Kier molecular flexibility index (Phi) is 7.37. The minimum absolute atomic E-state index is 0.672. The molecule has 3 rings (SSSR count). The first kappa shape index (κ1) is 18.4. The smallest absolute Gasteiger partial charge is 0.150 e. The summed E-state index contributed by atoms with van der Waals surface area (Å²) in [7, 11) is 0. The van der Waals surface area contributed by atoms with E-state index >= 15 is 0 Å². The van der Waals surface area contributed by atoms with Crippen LogP contribution in [-0.4, -0.2) is 12.6 Å². The molecule has 3 aromatic carbocycles. The summed E-state index contributed by atoms with van der Waals surface area (Å²) in [6.45, 7) is 0. The van der Waals surface area contributed by atoms with E-state index < -0.39 is 0 Å². The molecule has 0 aliphatic carbocycles. The van der Waals surface area contributed by atoms with Crippen LogP contribution in [0.2, 0.25) is 0 Å². The molecule has 0 fully saturated rings. The molecule has 3 heteroatoms. The predicted molar refractivity (Wildman–Crippen MR) is 104 cm³/mol. The fraction of sp³-hybridized carbons (Fsp3) is 0. The Labute approximate surface area is 155 Å². The second kappa shape index (κ2) is 10.0. The lowest BCUT2D eigenvalue weighted by molar-refractivity contribution is 0.111. The summed E-state index contributed by atoms with van der Waals surface area (Å²) in [5.41, 5.74) is 3.28. The van der Waals surface area contributed by atoms with Gasteiger partial charge < -0.3 is 0 Å². The average Bonchev–Trinajstić information content (AvgIpc) is 2.69. The van der Waals surface area contributed by atoms with E-state index in [0.29, 0.717) is 11.1 Å². The Hall–Kier alpha value is -2.96. The molecule has 0 saturated carbocycles. The molecule has 0 heterocycles. The molecule has 2 nitrogen and oxygen atoms in total. The number of benzene rings is 3. The van der Waals surface area contributed by atoms with E-state index in [0.717, 1.165) is 28.2 Å². The van der Waals surface area contributed by atoms with E-state index in [1.54, 1.807) is 24.3 Å². The van der Waals surface area contributed by atoms with Gasteiger partial charge in [0.2, 0.25) is 0 Å². The van der Waals surface area contributed by atoms with Gasteiger partial charge in [-0.3, -0.25) is 9.59 Å². The molecule has 0 amide bonds. The monoisotopic (exact) mass is 390 g/mol. The van der Waals surface area contributed by atoms with Crippen molar-refractivity contribution in [1.82, 2.24) is 0 Å². The molecule has 0 atom stereocenters. The van der Waals surface area contributed by atoms with Crippen molar-refractivity contribution < 1.29 is 9.59 Å². The van der Waals surface area contributed by atoms with E-state index in [9.17, 15) is 9.59 Å². The van der Waals surface area contributed by atoms with Crippen LogP contribution in [0.25, 0.3) is 0 Å². The fourth-order valence-corrected chi connectivity index (χ4v) is 2.12. The third-order valence-corrected chi connectivity index (χ3v) is 3.71. The highest BCUT2D eigenvalue weighted by Gasteiger charge is 1.89. The molecule has 0 radical (unpaired) electrons. The number of aldehydes is 2. The van der Waals surface area contributed by atoms with Gasteiger partial charge in [-0.2, -0.15) is 0 Å². The molecular weight excluding hydrogens is 376 g/mol. The molecule has 3 aromatic rings. The predicted octanol–water partition coefficient (Wildman–Crippen LogP) is 5.16. The van der Waals surface area contributed by atoms with E-state index in [1.807, 2.05) is 54.6 Å². The van der Waals surface area contributed by atoms with Gasteiger partial charge in [-0.1, -0.05) is 70.2 Å². The zero-order valence-corrected chi connectivity index (χ0v) is 14.9. The highest BCUT2D eigenvalue weighted by atomic mass is 79.9. The SMILES string of the molecule is O=Cc1ccc(Br)cc1.O=Cc1ccc(C#Cc2ccccc2)cc1. The molecule has 25 heavy (non-hydrogen) atoms. The van der Waals surface area contributed by atoms with Crippen LogP contribution in [0.15, 0.2) is 83.3 Å². The topological polar surface area (TPSA) is 34.1 Å². The average molecular weight is 391 g/mol. The van der Waals surface area contributed by atoms with Crippen molar-refractivity contribution in [1.29, 1.82) is 0 Å². The molecule has 122 valence electrons. The molecule has 0 spiro atoms. The first-order chi connectivity index (χ1) is 12.2. The van der Waals surface area contributed by atoms with Gasteiger partial charge in [0, 0.05) is 26.7 Å². The number of rotatable bonds is 2. The Bertz CT molecular complexity index is 871. The maximum absolute atomic E-state index is 10.5. The summed E-state index contributed by atoms with van der Waals surface area (Å²) < 4.78 is 0.994. The molecule has 0 aromatic heterocycles. The molecule has 0 aliphatic heterocycles. The third kappa shape index (κ3) is 6.58. The largest absolute Gasteiger partial charge is 0.298 e. The third-order valence-electron chi connectivity index (χ3n) is 3.18. The van der Waals surface area contributed by atoms with Crippen LogP contribution < -0.4 is 0 Å². The van der Waals surface area contributed by atoms with Crippen molar-refractivity contribution in [2.24, 2.45) is 0 Å². The highest BCUT2D eigenvalue weighted by molar-refractivity contribution is 9.10. The van der Waals surface area contributed by atoms with Crippen LogP contribution in [0.3, 0.4) is 0 Å². The van der Waals surface area contributed by atoms with E-state index in [1.165, 1.54) is 0 Å². The maximum atomic E-state index is 10.5. The Morgan fingerprint density at radius 2 is 1.04 bits per heavy atom. The quantitative estimate of drug-likeness (QED) is 0.447. The van der Waals surface area contributed by atoms with E-state index in [2.05, 4.69) is 27.8 Å². The number of carbonyl (C=O) groups is 2. The minimum atomic E-state index is 0.672. The van der Waals surface area contributed by atoms with Crippen molar-refractivity contribution in [3.63, 3.8) is 0 Å². The minimum Gasteiger partial charge on any atom is -0.298 e. The van der Waals surface area contributed by atoms with Crippen LogP contribution in [0.5, 0.6) is 0 Å². The Morgan fingerprint density at radius 3 is 1.52 bits per heavy atom. The van der Waals surface area contributed by atoms with E-state index in [-0.39, 0.29) is 0 Å². The Balaban J connectivity index is 0.000000212. The lowest BCUT2D eigenvalue weighted by atomic mass is 10.1. The van der Waals surface area contributed by atoms with Crippen molar-refractivity contribution in [3.05, 3.63) is 106 Å². The molecule has 0 bridgehead atoms.